The lowest BCUT2D eigenvalue weighted by Gasteiger charge is -2.03. The van der Waals surface area contributed by atoms with Crippen LogP contribution >= 0.6 is 15.9 Å². The monoisotopic (exact) mass is 346 g/mol. The highest BCUT2D eigenvalue weighted by molar-refractivity contribution is 9.10. The summed E-state index contributed by atoms with van der Waals surface area (Å²) >= 11 is 3.28. The Balaban J connectivity index is 2.28. The topological polar surface area (TPSA) is 86.2 Å². The second-order valence-electron chi connectivity index (χ2n) is 4.24. The van der Waals surface area contributed by atoms with Crippen LogP contribution in [0.1, 0.15) is 0 Å². The Bertz CT molecular complexity index is 920. The molecule has 0 amide bonds. The molecule has 0 aliphatic carbocycles. The van der Waals surface area contributed by atoms with Gasteiger partial charge in [0.1, 0.15) is 0 Å². The molecule has 3 aromatic rings. The smallest absolute Gasteiger partial charge is 0.347 e. The SMILES string of the molecule is O=c1oc(-c2cc([N+](=O)[O-])ccc2Br)nc2ccccc12. The Kier molecular flexibility index (Phi) is 3.26. The van der Waals surface area contributed by atoms with Crippen LogP contribution < -0.4 is 5.63 Å². The molecule has 0 saturated heterocycles. The number of benzene rings is 2. The molecule has 0 fully saturated rings. The minimum atomic E-state index is -0.533. The van der Waals surface area contributed by atoms with E-state index in [0.717, 1.165) is 0 Å². The van der Waals surface area contributed by atoms with Gasteiger partial charge in [0.2, 0.25) is 5.89 Å². The number of rotatable bonds is 2. The van der Waals surface area contributed by atoms with Crippen molar-refractivity contribution in [2.45, 2.75) is 0 Å². The van der Waals surface area contributed by atoms with Crippen LogP contribution in [0.3, 0.4) is 0 Å². The summed E-state index contributed by atoms with van der Waals surface area (Å²) in [6.07, 6.45) is 0. The molecule has 3 rings (SSSR count). The molecule has 21 heavy (non-hydrogen) atoms. The number of para-hydroxylation sites is 1. The number of nitro benzene ring substituents is 1. The van der Waals surface area contributed by atoms with Crippen molar-refractivity contribution < 1.29 is 9.34 Å². The first-order chi connectivity index (χ1) is 10.1. The molecular formula is C14H7BrN2O4. The highest BCUT2D eigenvalue weighted by Gasteiger charge is 2.15. The molecule has 104 valence electrons. The Morgan fingerprint density at radius 1 is 1.19 bits per heavy atom. The quantitative estimate of drug-likeness (QED) is 0.523. The van der Waals surface area contributed by atoms with Gasteiger partial charge in [0, 0.05) is 16.6 Å². The zero-order valence-corrected chi connectivity index (χ0v) is 12.0. The van der Waals surface area contributed by atoms with Crippen LogP contribution in [0.25, 0.3) is 22.4 Å². The van der Waals surface area contributed by atoms with Gasteiger partial charge in [0.25, 0.3) is 5.69 Å². The zero-order chi connectivity index (χ0) is 15.0. The van der Waals surface area contributed by atoms with Gasteiger partial charge in [0.15, 0.2) is 0 Å². The van der Waals surface area contributed by atoms with Crippen LogP contribution in [0, 0.1) is 10.1 Å². The molecule has 1 heterocycles. The molecule has 0 saturated carbocycles. The van der Waals surface area contributed by atoms with Crippen molar-refractivity contribution in [3.05, 3.63) is 67.5 Å². The normalized spacial score (nSPS) is 10.7. The van der Waals surface area contributed by atoms with Gasteiger partial charge in [-0.05, 0) is 34.1 Å². The number of nitro groups is 1. The lowest BCUT2D eigenvalue weighted by Crippen LogP contribution is -2.03. The summed E-state index contributed by atoms with van der Waals surface area (Å²) in [6, 6.07) is 10.9. The van der Waals surface area contributed by atoms with Gasteiger partial charge in [-0.2, -0.15) is 0 Å². The van der Waals surface area contributed by atoms with Gasteiger partial charge in [-0.3, -0.25) is 10.1 Å². The molecule has 0 unspecified atom stereocenters. The third-order valence-corrected chi connectivity index (χ3v) is 3.62. The molecular weight excluding hydrogens is 340 g/mol. The van der Waals surface area contributed by atoms with Crippen LogP contribution in [0.2, 0.25) is 0 Å². The summed E-state index contributed by atoms with van der Waals surface area (Å²) in [5.41, 5.74) is 0.189. The number of aromatic nitrogens is 1. The van der Waals surface area contributed by atoms with Gasteiger partial charge in [0.05, 0.1) is 21.4 Å². The van der Waals surface area contributed by atoms with Gasteiger partial charge in [-0.25, -0.2) is 9.78 Å². The Morgan fingerprint density at radius 3 is 2.71 bits per heavy atom. The molecule has 6 nitrogen and oxygen atoms in total. The first-order valence-electron chi connectivity index (χ1n) is 5.90. The fourth-order valence-electron chi connectivity index (χ4n) is 1.92. The molecule has 0 bridgehead atoms. The van der Waals surface area contributed by atoms with Crippen LogP contribution in [0.15, 0.2) is 56.1 Å². The van der Waals surface area contributed by atoms with E-state index in [2.05, 4.69) is 20.9 Å². The van der Waals surface area contributed by atoms with E-state index in [1.807, 2.05) is 0 Å². The molecule has 0 aliphatic heterocycles. The third-order valence-electron chi connectivity index (χ3n) is 2.93. The largest absolute Gasteiger partial charge is 0.403 e. The minimum absolute atomic E-state index is 0.0364. The van der Waals surface area contributed by atoms with Crippen molar-refractivity contribution in [2.75, 3.05) is 0 Å². The average Bonchev–Trinajstić information content (AvgIpc) is 2.47. The standard InChI is InChI=1S/C14H7BrN2O4/c15-11-6-5-8(17(19)20)7-10(11)13-16-12-4-2-1-3-9(12)14(18)21-13/h1-7H. The zero-order valence-electron chi connectivity index (χ0n) is 10.4. The lowest BCUT2D eigenvalue weighted by atomic mass is 10.2. The average molecular weight is 347 g/mol. The van der Waals surface area contributed by atoms with E-state index in [9.17, 15) is 14.9 Å². The molecule has 1 aromatic heterocycles. The van der Waals surface area contributed by atoms with Crippen molar-refractivity contribution in [1.82, 2.24) is 4.98 Å². The maximum absolute atomic E-state index is 11.9. The van der Waals surface area contributed by atoms with Crippen LogP contribution in [-0.4, -0.2) is 9.91 Å². The first-order valence-corrected chi connectivity index (χ1v) is 6.70. The summed E-state index contributed by atoms with van der Waals surface area (Å²) in [6.45, 7) is 0. The Hall–Kier alpha value is -2.54. The van der Waals surface area contributed by atoms with Crippen molar-refractivity contribution >= 4 is 32.5 Å². The summed E-state index contributed by atoms with van der Waals surface area (Å²) < 4.78 is 5.73. The van der Waals surface area contributed by atoms with Crippen LogP contribution in [0.5, 0.6) is 0 Å². The van der Waals surface area contributed by atoms with Gasteiger partial charge in [-0.15, -0.1) is 0 Å². The molecule has 0 N–H and O–H groups in total. The van der Waals surface area contributed by atoms with Crippen molar-refractivity contribution in [3.63, 3.8) is 0 Å². The maximum atomic E-state index is 11.9. The highest BCUT2D eigenvalue weighted by atomic mass is 79.9. The number of halogens is 1. The summed E-state index contributed by atoms with van der Waals surface area (Å²) in [4.78, 5) is 26.5. The maximum Gasteiger partial charge on any atom is 0.347 e. The van der Waals surface area contributed by atoms with Crippen molar-refractivity contribution in [1.29, 1.82) is 0 Å². The van der Waals surface area contributed by atoms with Gasteiger partial charge in [-0.1, -0.05) is 12.1 Å². The number of fused-ring (bicyclic) bond motifs is 1. The Morgan fingerprint density at radius 2 is 1.95 bits per heavy atom. The molecule has 0 radical (unpaired) electrons. The van der Waals surface area contributed by atoms with E-state index in [1.54, 1.807) is 24.3 Å². The lowest BCUT2D eigenvalue weighted by molar-refractivity contribution is -0.384. The number of nitrogens with zero attached hydrogens (tertiary/aromatic N) is 2. The van der Waals surface area contributed by atoms with Crippen molar-refractivity contribution in [3.8, 4) is 11.5 Å². The third kappa shape index (κ3) is 2.43. The highest BCUT2D eigenvalue weighted by Crippen LogP contribution is 2.30. The molecule has 2 aromatic carbocycles. The molecule has 0 spiro atoms. The van der Waals surface area contributed by atoms with Gasteiger partial charge >= 0.3 is 5.63 Å². The van der Waals surface area contributed by atoms with E-state index in [-0.39, 0.29) is 11.6 Å². The van der Waals surface area contributed by atoms with E-state index in [0.29, 0.717) is 20.9 Å². The predicted molar refractivity (Wildman–Crippen MR) is 80.1 cm³/mol. The van der Waals surface area contributed by atoms with Crippen LogP contribution in [0.4, 0.5) is 5.69 Å². The molecule has 7 heteroatoms. The number of hydrogen-bond donors (Lipinski definition) is 0. The first kappa shape index (κ1) is 13.4. The van der Waals surface area contributed by atoms with E-state index in [1.165, 1.54) is 18.2 Å². The number of non-ortho nitro benzene ring substituents is 1. The van der Waals surface area contributed by atoms with Crippen LogP contribution in [-0.2, 0) is 0 Å². The second-order valence-corrected chi connectivity index (χ2v) is 5.10. The van der Waals surface area contributed by atoms with E-state index in [4.69, 9.17) is 4.42 Å². The summed E-state index contributed by atoms with van der Waals surface area (Å²) in [5.74, 6) is 0.0364. The van der Waals surface area contributed by atoms with Gasteiger partial charge < -0.3 is 4.42 Å². The summed E-state index contributed by atoms with van der Waals surface area (Å²) in [7, 11) is 0. The minimum Gasteiger partial charge on any atom is -0.403 e. The molecule has 0 atom stereocenters. The Labute approximate surface area is 126 Å². The fraction of sp³-hybridized carbons (Fsp3) is 0. The number of hydrogen-bond acceptors (Lipinski definition) is 5. The predicted octanol–water partition coefficient (Wildman–Crippen LogP) is 3.53. The van der Waals surface area contributed by atoms with E-state index < -0.39 is 10.5 Å². The second kappa shape index (κ2) is 5.10. The van der Waals surface area contributed by atoms with Crippen molar-refractivity contribution in [2.24, 2.45) is 0 Å². The molecule has 0 aliphatic rings. The van der Waals surface area contributed by atoms with E-state index >= 15 is 0 Å². The summed E-state index contributed by atoms with van der Waals surface area (Å²) in [5, 5.41) is 11.2. The fourth-order valence-corrected chi connectivity index (χ4v) is 2.34.